The van der Waals surface area contributed by atoms with E-state index in [9.17, 15) is 18.0 Å². The molecule has 3 rings (SSSR count). The highest BCUT2D eigenvalue weighted by Crippen LogP contribution is 2.31. The van der Waals surface area contributed by atoms with Gasteiger partial charge in [0.1, 0.15) is 0 Å². The Bertz CT molecular complexity index is 1190. The highest BCUT2D eigenvalue weighted by molar-refractivity contribution is 8.20. The van der Waals surface area contributed by atoms with Crippen LogP contribution in [0.4, 0.5) is 5.69 Å². The molecule has 2 aromatic carbocycles. The highest BCUT2D eigenvalue weighted by Gasteiger charge is 2.27. The lowest BCUT2D eigenvalue weighted by Crippen LogP contribution is -2.19. The Morgan fingerprint density at radius 1 is 1.10 bits per heavy atom. The molecule has 2 aromatic rings. The van der Waals surface area contributed by atoms with Crippen molar-refractivity contribution in [2.75, 3.05) is 19.5 Å². The van der Waals surface area contributed by atoms with Crippen molar-refractivity contribution in [2.45, 2.75) is 11.8 Å². The van der Waals surface area contributed by atoms with Gasteiger partial charge in [0.2, 0.25) is 5.91 Å². The molecule has 0 bridgehead atoms. The average molecular weight is 462 g/mol. The molecule has 0 unspecified atom stereocenters. The molecule has 9 nitrogen and oxygen atoms in total. The smallest absolute Gasteiger partial charge is 0.283 e. The third-order valence-corrected chi connectivity index (χ3v) is 6.33. The first kappa shape index (κ1) is 22.4. The summed E-state index contributed by atoms with van der Waals surface area (Å²) in [5, 5.41) is 5.37. The van der Waals surface area contributed by atoms with E-state index in [0.717, 1.165) is 17.3 Å². The van der Waals surface area contributed by atoms with Gasteiger partial charge in [-0.05, 0) is 59.8 Å². The zero-order chi connectivity index (χ0) is 22.6. The second kappa shape index (κ2) is 9.23. The second-order valence-electron chi connectivity index (χ2n) is 6.26. The maximum Gasteiger partial charge on any atom is 0.283 e. The summed E-state index contributed by atoms with van der Waals surface area (Å²) in [6.07, 6.45) is 1.67. The molecule has 2 N–H and O–H groups in total. The number of methoxy groups -OCH3 is 2. The summed E-state index contributed by atoms with van der Waals surface area (Å²) in [6.45, 7) is 1.35. The van der Waals surface area contributed by atoms with Gasteiger partial charge in [-0.1, -0.05) is 6.07 Å². The normalized spacial score (nSPS) is 16.3. The third-order valence-electron chi connectivity index (χ3n) is 4.02. The predicted octanol–water partition coefficient (Wildman–Crippen LogP) is 2.61. The van der Waals surface area contributed by atoms with Gasteiger partial charge in [-0.25, -0.2) is 0 Å². The number of benzene rings is 2. The second-order valence-corrected chi connectivity index (χ2v) is 8.89. The fourth-order valence-electron chi connectivity index (χ4n) is 2.64. The molecule has 1 heterocycles. The number of thioether (sulfide) groups is 1. The lowest BCUT2D eigenvalue weighted by molar-refractivity contribution is -0.114. The molecule has 1 saturated heterocycles. The van der Waals surface area contributed by atoms with E-state index in [0.29, 0.717) is 22.2 Å². The SMILES string of the molecule is COc1ccc(C=C2NC(=O)C(=NS(=O)(=O)c3ccc(NC(C)=O)cc3)S2)cc1OC. The van der Waals surface area contributed by atoms with Crippen molar-refractivity contribution in [1.29, 1.82) is 0 Å². The van der Waals surface area contributed by atoms with Gasteiger partial charge in [0.15, 0.2) is 16.5 Å². The fraction of sp³-hybridized carbons (Fsp3) is 0.150. The van der Waals surface area contributed by atoms with E-state index < -0.39 is 15.9 Å². The first-order valence-electron chi connectivity index (χ1n) is 8.87. The number of ether oxygens (including phenoxy) is 2. The lowest BCUT2D eigenvalue weighted by atomic mass is 10.2. The van der Waals surface area contributed by atoms with Gasteiger partial charge in [0.25, 0.3) is 15.9 Å². The van der Waals surface area contributed by atoms with E-state index in [2.05, 4.69) is 15.0 Å². The van der Waals surface area contributed by atoms with Crippen LogP contribution in [-0.4, -0.2) is 39.5 Å². The van der Waals surface area contributed by atoms with Crippen LogP contribution in [-0.2, 0) is 19.6 Å². The molecule has 1 aliphatic heterocycles. The van der Waals surface area contributed by atoms with Crippen LogP contribution in [0.2, 0.25) is 0 Å². The summed E-state index contributed by atoms with van der Waals surface area (Å²) in [7, 11) is -1.07. The summed E-state index contributed by atoms with van der Waals surface area (Å²) >= 11 is 0.912. The van der Waals surface area contributed by atoms with E-state index in [4.69, 9.17) is 9.47 Å². The van der Waals surface area contributed by atoms with Gasteiger partial charge in [-0.3, -0.25) is 9.59 Å². The average Bonchev–Trinajstić information content (AvgIpc) is 3.05. The number of nitrogens with one attached hydrogen (secondary N) is 2. The molecular formula is C20H19N3O6S2. The van der Waals surface area contributed by atoms with Gasteiger partial charge in [-0.15, -0.1) is 4.40 Å². The minimum absolute atomic E-state index is 0.0974. The van der Waals surface area contributed by atoms with Crippen LogP contribution in [0.25, 0.3) is 6.08 Å². The van der Waals surface area contributed by atoms with Crippen LogP contribution < -0.4 is 20.1 Å². The molecule has 11 heteroatoms. The van der Waals surface area contributed by atoms with E-state index in [-0.39, 0.29) is 15.8 Å². The van der Waals surface area contributed by atoms with E-state index in [1.54, 1.807) is 24.3 Å². The van der Waals surface area contributed by atoms with Crippen LogP contribution in [0, 0.1) is 0 Å². The maximum absolute atomic E-state index is 12.6. The molecular weight excluding hydrogens is 442 g/mol. The number of rotatable bonds is 6. The monoisotopic (exact) mass is 461 g/mol. The summed E-state index contributed by atoms with van der Waals surface area (Å²) < 4.78 is 39.3. The van der Waals surface area contributed by atoms with E-state index in [1.807, 2.05) is 0 Å². The van der Waals surface area contributed by atoms with Crippen LogP contribution in [0.1, 0.15) is 12.5 Å². The molecule has 162 valence electrons. The topological polar surface area (TPSA) is 123 Å². The number of carbonyl (C=O) groups is 2. The Hall–Kier alpha value is -3.31. The highest BCUT2D eigenvalue weighted by atomic mass is 32.2. The first-order chi connectivity index (χ1) is 14.7. The number of nitrogens with zero attached hydrogens (tertiary/aromatic N) is 1. The maximum atomic E-state index is 12.6. The molecule has 1 aliphatic rings. The Labute approximate surface area is 183 Å². The molecule has 2 amide bonds. The van der Waals surface area contributed by atoms with Gasteiger partial charge in [-0.2, -0.15) is 8.42 Å². The van der Waals surface area contributed by atoms with Crippen molar-refractivity contribution in [3.8, 4) is 11.5 Å². The van der Waals surface area contributed by atoms with Gasteiger partial charge in [0, 0.05) is 12.6 Å². The molecule has 0 spiro atoms. The number of carbonyl (C=O) groups excluding carboxylic acids is 2. The molecule has 0 aromatic heterocycles. The van der Waals surface area contributed by atoms with Gasteiger partial charge < -0.3 is 20.1 Å². The van der Waals surface area contributed by atoms with Crippen LogP contribution >= 0.6 is 11.8 Å². The molecule has 0 aliphatic carbocycles. The number of hydrogen-bond acceptors (Lipinski definition) is 7. The third kappa shape index (κ3) is 5.44. The Kier molecular flexibility index (Phi) is 6.66. The lowest BCUT2D eigenvalue weighted by Gasteiger charge is -2.07. The molecule has 0 atom stereocenters. The Balaban J connectivity index is 1.82. The van der Waals surface area contributed by atoms with Crippen molar-refractivity contribution in [1.82, 2.24) is 5.32 Å². The van der Waals surface area contributed by atoms with Crippen LogP contribution in [0.15, 0.2) is 56.8 Å². The largest absolute Gasteiger partial charge is 0.493 e. The van der Waals surface area contributed by atoms with E-state index in [1.165, 1.54) is 45.4 Å². The summed E-state index contributed by atoms with van der Waals surface area (Å²) in [4.78, 5) is 23.2. The molecule has 1 fully saturated rings. The van der Waals surface area contributed by atoms with Crippen LogP contribution in [0.3, 0.4) is 0 Å². The van der Waals surface area contributed by atoms with Crippen molar-refractivity contribution < 1.29 is 27.5 Å². The number of sulfonamides is 1. The zero-order valence-corrected chi connectivity index (χ0v) is 18.5. The van der Waals surface area contributed by atoms with E-state index >= 15 is 0 Å². The summed E-state index contributed by atoms with van der Waals surface area (Å²) in [6, 6.07) is 10.7. The van der Waals surface area contributed by atoms with Crippen molar-refractivity contribution in [3.05, 3.63) is 53.1 Å². The van der Waals surface area contributed by atoms with Crippen molar-refractivity contribution in [2.24, 2.45) is 4.40 Å². The molecule has 31 heavy (non-hydrogen) atoms. The number of hydrogen-bond donors (Lipinski definition) is 2. The Morgan fingerprint density at radius 2 is 1.77 bits per heavy atom. The zero-order valence-electron chi connectivity index (χ0n) is 16.8. The number of anilines is 1. The fourth-order valence-corrected chi connectivity index (χ4v) is 4.66. The minimum atomic E-state index is -4.11. The van der Waals surface area contributed by atoms with Crippen molar-refractivity contribution in [3.63, 3.8) is 0 Å². The van der Waals surface area contributed by atoms with Gasteiger partial charge >= 0.3 is 0 Å². The summed E-state index contributed by atoms with van der Waals surface area (Å²) in [5.74, 6) is 0.190. The van der Waals surface area contributed by atoms with Crippen LogP contribution in [0.5, 0.6) is 11.5 Å². The van der Waals surface area contributed by atoms with Crippen molar-refractivity contribution >= 4 is 50.4 Å². The number of amides is 2. The van der Waals surface area contributed by atoms with Gasteiger partial charge in [0.05, 0.1) is 24.1 Å². The summed E-state index contributed by atoms with van der Waals surface area (Å²) in [5.41, 5.74) is 1.17. The molecule has 0 radical (unpaired) electrons. The molecule has 0 saturated carbocycles. The Morgan fingerprint density at radius 3 is 2.39 bits per heavy atom. The minimum Gasteiger partial charge on any atom is -0.493 e. The quantitative estimate of drug-likeness (QED) is 0.678. The predicted molar refractivity (Wildman–Crippen MR) is 119 cm³/mol. The first-order valence-corrected chi connectivity index (χ1v) is 11.1. The standard InChI is InChI=1S/C20H19N3O6S2/c1-12(24)21-14-5-7-15(8-6-14)31(26,27)23-20-19(25)22-18(30-20)11-13-4-9-16(28-2)17(10-13)29-3/h4-11H,1-3H3,(H,21,24)(H,22,25).